The van der Waals surface area contributed by atoms with Crippen molar-refractivity contribution in [3.05, 3.63) is 69.9 Å². The van der Waals surface area contributed by atoms with Gasteiger partial charge in [0.25, 0.3) is 5.91 Å². The minimum absolute atomic E-state index is 0.0839. The van der Waals surface area contributed by atoms with Gasteiger partial charge in [-0.15, -0.1) is 0 Å². The highest BCUT2D eigenvalue weighted by Crippen LogP contribution is 2.30. The number of carbonyl (C=O) groups is 1. The Kier molecular flexibility index (Phi) is 4.74. The number of amides is 1. The lowest BCUT2D eigenvalue weighted by Gasteiger charge is -2.12. The summed E-state index contributed by atoms with van der Waals surface area (Å²) in [6, 6.07) is 8.25. The van der Waals surface area contributed by atoms with Gasteiger partial charge in [0.1, 0.15) is 0 Å². The topological polar surface area (TPSA) is 62.5 Å². The monoisotopic (exact) mass is 365 g/mol. The Morgan fingerprint density at radius 2 is 2.04 bits per heavy atom. The van der Waals surface area contributed by atoms with Crippen LogP contribution < -0.4 is 5.32 Å². The molecule has 0 saturated carbocycles. The van der Waals surface area contributed by atoms with E-state index < -0.39 is 23.6 Å². The number of para-hydroxylation sites is 1. The van der Waals surface area contributed by atoms with Crippen molar-refractivity contribution >= 4 is 28.5 Å². The summed E-state index contributed by atoms with van der Waals surface area (Å²) in [5.41, 5.74) is 1.19. The Bertz CT molecular complexity index is 955. The molecule has 1 aromatic heterocycles. The highest BCUT2D eigenvalue weighted by atomic mass is 35.5. The summed E-state index contributed by atoms with van der Waals surface area (Å²) in [4.78, 5) is 12.3. The zero-order valence-corrected chi connectivity index (χ0v) is 13.9. The summed E-state index contributed by atoms with van der Waals surface area (Å²) in [5.74, 6) is -2.52. The first-order valence-corrected chi connectivity index (χ1v) is 7.85. The van der Waals surface area contributed by atoms with Crippen molar-refractivity contribution < 1.29 is 23.1 Å². The van der Waals surface area contributed by atoms with E-state index in [9.17, 15) is 18.7 Å². The molecule has 1 atom stereocenters. The van der Waals surface area contributed by atoms with Gasteiger partial charge in [-0.05, 0) is 30.7 Å². The summed E-state index contributed by atoms with van der Waals surface area (Å²) in [5, 5.41) is 13.7. The van der Waals surface area contributed by atoms with Crippen molar-refractivity contribution in [2.75, 3.05) is 6.54 Å². The Morgan fingerprint density at radius 1 is 1.28 bits per heavy atom. The van der Waals surface area contributed by atoms with E-state index in [2.05, 4.69) is 5.32 Å². The van der Waals surface area contributed by atoms with Crippen LogP contribution >= 0.6 is 11.6 Å². The Labute approximate surface area is 147 Å². The van der Waals surface area contributed by atoms with Gasteiger partial charge in [-0.1, -0.05) is 29.8 Å². The number of carbonyl (C=O) groups excluding carboxylic acids is 1. The standard InChI is InChI=1S/C18H14ClF2NO3/c1-9-11-3-2-4-12(19)17(11)25-16(9)18(24)22-8-15(23)10-5-6-13(20)14(21)7-10/h2-7,15,23H,8H2,1H3,(H,22,24). The number of hydrogen-bond acceptors (Lipinski definition) is 3. The molecule has 130 valence electrons. The number of fused-ring (bicyclic) bond motifs is 1. The number of aliphatic hydroxyl groups is 1. The lowest BCUT2D eigenvalue weighted by Crippen LogP contribution is -2.28. The van der Waals surface area contributed by atoms with Gasteiger partial charge in [-0.25, -0.2) is 8.78 Å². The summed E-state index contributed by atoms with van der Waals surface area (Å²) >= 11 is 6.05. The molecule has 0 radical (unpaired) electrons. The third-order valence-corrected chi connectivity index (χ3v) is 4.20. The molecule has 0 spiro atoms. The third kappa shape index (κ3) is 3.36. The van der Waals surface area contributed by atoms with Crippen LogP contribution in [0.25, 0.3) is 11.0 Å². The number of aliphatic hydroxyl groups excluding tert-OH is 1. The van der Waals surface area contributed by atoms with Gasteiger partial charge < -0.3 is 14.8 Å². The van der Waals surface area contributed by atoms with Crippen LogP contribution in [-0.4, -0.2) is 17.6 Å². The molecule has 0 bridgehead atoms. The van der Waals surface area contributed by atoms with E-state index in [1.807, 2.05) is 0 Å². The molecule has 1 unspecified atom stereocenters. The van der Waals surface area contributed by atoms with Crippen molar-refractivity contribution in [1.82, 2.24) is 5.32 Å². The first kappa shape index (κ1) is 17.4. The van der Waals surface area contributed by atoms with Gasteiger partial charge in [0.05, 0.1) is 11.1 Å². The molecule has 3 aromatic rings. The molecule has 0 aliphatic heterocycles. The summed E-state index contributed by atoms with van der Waals surface area (Å²) in [6.07, 6.45) is -1.19. The molecule has 0 fully saturated rings. The van der Waals surface area contributed by atoms with Gasteiger partial charge in [-0.3, -0.25) is 4.79 Å². The molecule has 3 rings (SSSR count). The normalized spacial score (nSPS) is 12.4. The van der Waals surface area contributed by atoms with Crippen molar-refractivity contribution in [1.29, 1.82) is 0 Å². The maximum atomic E-state index is 13.2. The largest absolute Gasteiger partial charge is 0.449 e. The lowest BCUT2D eigenvalue weighted by atomic mass is 10.1. The van der Waals surface area contributed by atoms with Gasteiger partial charge in [0.2, 0.25) is 0 Å². The van der Waals surface area contributed by atoms with Crippen molar-refractivity contribution in [3.8, 4) is 0 Å². The van der Waals surface area contributed by atoms with E-state index >= 15 is 0 Å². The number of furan rings is 1. The smallest absolute Gasteiger partial charge is 0.287 e. The lowest BCUT2D eigenvalue weighted by molar-refractivity contribution is 0.0890. The first-order valence-electron chi connectivity index (χ1n) is 7.47. The molecule has 2 aromatic carbocycles. The second-order valence-corrected chi connectivity index (χ2v) is 5.98. The third-order valence-electron chi connectivity index (χ3n) is 3.91. The molecule has 4 nitrogen and oxygen atoms in total. The number of aryl methyl sites for hydroxylation is 1. The fourth-order valence-electron chi connectivity index (χ4n) is 2.53. The van der Waals surface area contributed by atoms with E-state index in [-0.39, 0.29) is 17.9 Å². The predicted octanol–water partition coefficient (Wildman–Crippen LogP) is 4.14. The number of rotatable bonds is 4. The SMILES string of the molecule is Cc1c(C(=O)NCC(O)c2ccc(F)c(F)c2)oc2c(Cl)cccc12. The fraction of sp³-hybridized carbons (Fsp3) is 0.167. The maximum absolute atomic E-state index is 13.2. The Balaban J connectivity index is 1.75. The molecule has 1 heterocycles. The first-order chi connectivity index (χ1) is 11.9. The van der Waals surface area contributed by atoms with Crippen molar-refractivity contribution in [2.45, 2.75) is 13.0 Å². The molecule has 0 saturated heterocycles. The van der Waals surface area contributed by atoms with E-state index in [0.29, 0.717) is 16.2 Å². The predicted molar refractivity (Wildman–Crippen MR) is 89.6 cm³/mol. The Morgan fingerprint density at radius 3 is 2.72 bits per heavy atom. The molecule has 1 amide bonds. The van der Waals surface area contributed by atoms with Crippen LogP contribution in [-0.2, 0) is 0 Å². The second kappa shape index (κ2) is 6.82. The minimum atomic E-state index is -1.19. The Hall–Kier alpha value is -2.44. The molecule has 0 aliphatic carbocycles. The van der Waals surface area contributed by atoms with Crippen LogP contribution in [0.4, 0.5) is 8.78 Å². The van der Waals surface area contributed by atoms with Crippen molar-refractivity contribution in [3.63, 3.8) is 0 Å². The number of benzene rings is 2. The second-order valence-electron chi connectivity index (χ2n) is 5.57. The highest BCUT2D eigenvalue weighted by molar-refractivity contribution is 6.35. The number of hydrogen-bond donors (Lipinski definition) is 2. The highest BCUT2D eigenvalue weighted by Gasteiger charge is 2.20. The molecule has 25 heavy (non-hydrogen) atoms. The summed E-state index contributed by atoms with van der Waals surface area (Å²) < 4.78 is 31.7. The van der Waals surface area contributed by atoms with Crippen LogP contribution in [0.15, 0.2) is 40.8 Å². The van der Waals surface area contributed by atoms with Gasteiger partial charge >= 0.3 is 0 Å². The number of halogens is 3. The maximum Gasteiger partial charge on any atom is 0.287 e. The fourth-order valence-corrected chi connectivity index (χ4v) is 2.75. The average molecular weight is 366 g/mol. The molecule has 0 aliphatic rings. The van der Waals surface area contributed by atoms with E-state index in [4.69, 9.17) is 16.0 Å². The van der Waals surface area contributed by atoms with Crippen LogP contribution in [0.1, 0.15) is 27.8 Å². The average Bonchev–Trinajstić information content (AvgIpc) is 2.93. The number of nitrogens with one attached hydrogen (secondary N) is 1. The van der Waals surface area contributed by atoms with E-state index in [0.717, 1.165) is 17.5 Å². The van der Waals surface area contributed by atoms with Gasteiger partial charge in [0.15, 0.2) is 23.0 Å². The molecular formula is C18H14ClF2NO3. The minimum Gasteiger partial charge on any atom is -0.449 e. The van der Waals surface area contributed by atoms with Gasteiger partial charge in [0, 0.05) is 17.5 Å². The van der Waals surface area contributed by atoms with Crippen LogP contribution in [0.3, 0.4) is 0 Å². The van der Waals surface area contributed by atoms with Crippen LogP contribution in [0.2, 0.25) is 5.02 Å². The van der Waals surface area contributed by atoms with Crippen LogP contribution in [0, 0.1) is 18.6 Å². The zero-order chi connectivity index (χ0) is 18.1. The molecule has 7 heteroatoms. The van der Waals surface area contributed by atoms with Crippen molar-refractivity contribution in [2.24, 2.45) is 0 Å². The molecule has 2 N–H and O–H groups in total. The zero-order valence-electron chi connectivity index (χ0n) is 13.1. The summed E-state index contributed by atoms with van der Waals surface area (Å²) in [7, 11) is 0. The summed E-state index contributed by atoms with van der Waals surface area (Å²) in [6.45, 7) is 1.54. The van der Waals surface area contributed by atoms with Gasteiger partial charge in [-0.2, -0.15) is 0 Å². The van der Waals surface area contributed by atoms with E-state index in [1.54, 1.807) is 25.1 Å². The van der Waals surface area contributed by atoms with E-state index in [1.165, 1.54) is 6.07 Å². The quantitative estimate of drug-likeness (QED) is 0.730. The van der Waals surface area contributed by atoms with Crippen LogP contribution in [0.5, 0.6) is 0 Å². The molecular weight excluding hydrogens is 352 g/mol.